The molecule has 2 rings (SSSR count). The fourth-order valence-corrected chi connectivity index (χ4v) is 2.81. The van der Waals surface area contributed by atoms with Gasteiger partial charge in [-0.1, -0.05) is 6.42 Å². The molecule has 1 aromatic carbocycles. The lowest BCUT2D eigenvalue weighted by molar-refractivity contribution is 0.0946. The van der Waals surface area contributed by atoms with Gasteiger partial charge in [-0.2, -0.15) is 0 Å². The van der Waals surface area contributed by atoms with Crippen molar-refractivity contribution in [3.05, 3.63) is 29.3 Å². The number of carbonyl (C=O) groups excluding carboxylic acids is 1. The first-order valence-electron chi connectivity index (χ1n) is 8.06. The minimum atomic E-state index is 0.0261. The normalized spacial score (nSPS) is 15.7. The Morgan fingerprint density at radius 3 is 2.67 bits per heavy atom. The average molecular weight is 289 g/mol. The third kappa shape index (κ3) is 4.74. The van der Waals surface area contributed by atoms with Crippen LogP contribution in [0.5, 0.6) is 0 Å². The van der Waals surface area contributed by atoms with Crippen molar-refractivity contribution in [1.82, 2.24) is 10.2 Å². The van der Waals surface area contributed by atoms with E-state index in [9.17, 15) is 4.79 Å². The highest BCUT2D eigenvalue weighted by Gasteiger charge is 2.11. The quantitative estimate of drug-likeness (QED) is 0.846. The molecule has 1 heterocycles. The van der Waals surface area contributed by atoms with Gasteiger partial charge in [0.2, 0.25) is 0 Å². The van der Waals surface area contributed by atoms with Gasteiger partial charge in [-0.05, 0) is 63.5 Å². The maximum Gasteiger partial charge on any atom is 0.251 e. The number of nitrogens with zero attached hydrogens (tertiary/aromatic N) is 1. The molecule has 0 aliphatic carbocycles. The van der Waals surface area contributed by atoms with Gasteiger partial charge in [-0.25, -0.2) is 0 Å². The average Bonchev–Trinajstić information content (AvgIpc) is 2.50. The Morgan fingerprint density at radius 2 is 2.00 bits per heavy atom. The van der Waals surface area contributed by atoms with Crippen molar-refractivity contribution in [2.24, 2.45) is 0 Å². The largest absolute Gasteiger partial charge is 0.385 e. The highest BCUT2D eigenvalue weighted by Crippen LogP contribution is 2.16. The molecule has 2 N–H and O–H groups in total. The Hall–Kier alpha value is -1.55. The van der Waals surface area contributed by atoms with Crippen LogP contribution in [0, 0.1) is 6.92 Å². The number of piperidine rings is 1. The second-order valence-electron chi connectivity index (χ2n) is 5.72. The van der Waals surface area contributed by atoms with Crippen molar-refractivity contribution < 1.29 is 4.79 Å². The first-order valence-corrected chi connectivity index (χ1v) is 8.06. The zero-order valence-electron chi connectivity index (χ0n) is 13.2. The minimum absolute atomic E-state index is 0.0261. The summed E-state index contributed by atoms with van der Waals surface area (Å²) in [6.45, 7) is 9.02. The summed E-state index contributed by atoms with van der Waals surface area (Å²) in [4.78, 5) is 14.6. The first kappa shape index (κ1) is 15.8. The number of amides is 1. The number of likely N-dealkylation sites (tertiary alicyclic amines) is 1. The number of carbonyl (C=O) groups is 1. The third-order valence-corrected chi connectivity index (χ3v) is 4.02. The Balaban J connectivity index is 1.81. The number of nitrogens with one attached hydrogen (secondary N) is 2. The van der Waals surface area contributed by atoms with E-state index < -0.39 is 0 Å². The van der Waals surface area contributed by atoms with Crippen molar-refractivity contribution in [1.29, 1.82) is 0 Å². The molecule has 21 heavy (non-hydrogen) atoms. The highest BCUT2D eigenvalue weighted by molar-refractivity contribution is 5.94. The summed E-state index contributed by atoms with van der Waals surface area (Å²) < 4.78 is 0. The number of rotatable bonds is 6. The molecular formula is C17H27N3O. The van der Waals surface area contributed by atoms with Gasteiger partial charge in [-0.15, -0.1) is 0 Å². The van der Waals surface area contributed by atoms with Gasteiger partial charge >= 0.3 is 0 Å². The molecular weight excluding hydrogens is 262 g/mol. The Bertz CT molecular complexity index is 467. The Morgan fingerprint density at radius 1 is 1.24 bits per heavy atom. The first-order chi connectivity index (χ1) is 10.2. The monoisotopic (exact) mass is 289 g/mol. The van der Waals surface area contributed by atoms with Crippen molar-refractivity contribution in [3.8, 4) is 0 Å². The van der Waals surface area contributed by atoms with Crippen LogP contribution in [0.2, 0.25) is 0 Å². The van der Waals surface area contributed by atoms with Gasteiger partial charge in [0, 0.05) is 30.9 Å². The van der Waals surface area contributed by atoms with Crippen LogP contribution in [0.4, 0.5) is 5.69 Å². The van der Waals surface area contributed by atoms with Gasteiger partial charge in [-0.3, -0.25) is 4.79 Å². The molecule has 1 aliphatic heterocycles. The maximum absolute atomic E-state index is 12.2. The molecule has 0 unspecified atom stereocenters. The molecule has 0 radical (unpaired) electrons. The van der Waals surface area contributed by atoms with E-state index in [-0.39, 0.29) is 5.91 Å². The van der Waals surface area contributed by atoms with Crippen molar-refractivity contribution in [3.63, 3.8) is 0 Å². The smallest absolute Gasteiger partial charge is 0.251 e. The molecule has 0 saturated carbocycles. The third-order valence-electron chi connectivity index (χ3n) is 4.02. The molecule has 0 aromatic heterocycles. The summed E-state index contributed by atoms with van der Waals surface area (Å²) in [6, 6.07) is 5.83. The summed E-state index contributed by atoms with van der Waals surface area (Å²) in [7, 11) is 0. The van der Waals surface area contributed by atoms with Crippen LogP contribution in [-0.4, -0.2) is 43.5 Å². The van der Waals surface area contributed by atoms with Crippen LogP contribution in [0.1, 0.15) is 42.1 Å². The molecule has 1 fully saturated rings. The summed E-state index contributed by atoms with van der Waals surface area (Å²) >= 11 is 0. The van der Waals surface area contributed by atoms with Gasteiger partial charge in [0.25, 0.3) is 5.91 Å². The van der Waals surface area contributed by atoms with Crippen LogP contribution in [0.3, 0.4) is 0 Å². The van der Waals surface area contributed by atoms with Crippen LogP contribution in [-0.2, 0) is 0 Å². The molecule has 1 amide bonds. The predicted molar refractivity (Wildman–Crippen MR) is 88.0 cm³/mol. The van der Waals surface area contributed by atoms with Crippen LogP contribution in [0.15, 0.2) is 18.2 Å². The second kappa shape index (κ2) is 8.03. The SMILES string of the molecule is CCNc1ccc(C(=O)NCCN2CCCCC2)cc1C. The summed E-state index contributed by atoms with van der Waals surface area (Å²) in [5, 5.41) is 6.31. The van der Waals surface area contributed by atoms with Crippen molar-refractivity contribution in [2.45, 2.75) is 33.1 Å². The van der Waals surface area contributed by atoms with E-state index in [1.807, 2.05) is 25.1 Å². The number of anilines is 1. The molecule has 116 valence electrons. The van der Waals surface area contributed by atoms with Gasteiger partial charge < -0.3 is 15.5 Å². The highest BCUT2D eigenvalue weighted by atomic mass is 16.1. The van der Waals surface area contributed by atoms with Crippen molar-refractivity contribution >= 4 is 11.6 Å². The van der Waals surface area contributed by atoms with Crippen molar-refractivity contribution in [2.75, 3.05) is 38.0 Å². The maximum atomic E-state index is 12.2. The zero-order valence-corrected chi connectivity index (χ0v) is 13.2. The van der Waals surface area contributed by atoms with Gasteiger partial charge in [0.05, 0.1) is 0 Å². The van der Waals surface area contributed by atoms with E-state index in [4.69, 9.17) is 0 Å². The number of hydrogen-bond acceptors (Lipinski definition) is 3. The molecule has 0 atom stereocenters. The molecule has 1 aromatic rings. The molecule has 1 aliphatic rings. The van der Waals surface area contributed by atoms with Crippen LogP contribution in [0.25, 0.3) is 0 Å². The van der Waals surface area contributed by atoms with E-state index in [0.29, 0.717) is 0 Å². The fraction of sp³-hybridized carbons (Fsp3) is 0.588. The predicted octanol–water partition coefficient (Wildman–Crippen LogP) is 2.64. The van der Waals surface area contributed by atoms with E-state index in [1.54, 1.807) is 0 Å². The summed E-state index contributed by atoms with van der Waals surface area (Å²) in [5.74, 6) is 0.0261. The van der Waals surface area contributed by atoms with E-state index in [0.717, 1.165) is 36.4 Å². The fourth-order valence-electron chi connectivity index (χ4n) is 2.81. The van der Waals surface area contributed by atoms with Crippen LogP contribution >= 0.6 is 0 Å². The lowest BCUT2D eigenvalue weighted by atomic mass is 10.1. The lowest BCUT2D eigenvalue weighted by Crippen LogP contribution is -2.37. The van der Waals surface area contributed by atoms with E-state index >= 15 is 0 Å². The molecule has 0 spiro atoms. The molecule has 4 nitrogen and oxygen atoms in total. The number of benzene rings is 1. The molecule has 1 saturated heterocycles. The van der Waals surface area contributed by atoms with E-state index in [2.05, 4.69) is 22.5 Å². The van der Waals surface area contributed by atoms with Gasteiger partial charge in [0.1, 0.15) is 0 Å². The topological polar surface area (TPSA) is 44.4 Å². The number of aryl methyl sites for hydroxylation is 1. The standard InChI is InChI=1S/C17H27N3O/c1-3-18-16-8-7-15(13-14(16)2)17(21)19-9-12-20-10-5-4-6-11-20/h7-8,13,18H,3-6,9-12H2,1-2H3,(H,19,21). The van der Waals surface area contributed by atoms with Gasteiger partial charge in [0.15, 0.2) is 0 Å². The zero-order chi connectivity index (χ0) is 15.1. The Labute approximate surface area is 127 Å². The lowest BCUT2D eigenvalue weighted by Gasteiger charge is -2.26. The summed E-state index contributed by atoms with van der Waals surface area (Å²) in [5.41, 5.74) is 2.95. The van der Waals surface area contributed by atoms with Crippen LogP contribution < -0.4 is 10.6 Å². The minimum Gasteiger partial charge on any atom is -0.385 e. The van der Waals surface area contributed by atoms with E-state index in [1.165, 1.54) is 32.4 Å². The summed E-state index contributed by atoms with van der Waals surface area (Å²) in [6.07, 6.45) is 3.93. The molecule has 0 bridgehead atoms. The molecule has 4 heteroatoms. The number of hydrogen-bond donors (Lipinski definition) is 2. The Kier molecular flexibility index (Phi) is 6.05. The second-order valence-corrected chi connectivity index (χ2v) is 5.72.